The van der Waals surface area contributed by atoms with Gasteiger partial charge in [0, 0.05) is 25.6 Å². The van der Waals surface area contributed by atoms with Gasteiger partial charge in [-0.25, -0.2) is 0 Å². The van der Waals surface area contributed by atoms with Gasteiger partial charge in [-0.3, -0.25) is 9.69 Å². The zero-order chi connectivity index (χ0) is 22.1. The van der Waals surface area contributed by atoms with E-state index in [1.54, 1.807) is 14.2 Å². The summed E-state index contributed by atoms with van der Waals surface area (Å²) in [5.41, 5.74) is 2.94. The van der Waals surface area contributed by atoms with E-state index in [-0.39, 0.29) is 29.0 Å². The summed E-state index contributed by atoms with van der Waals surface area (Å²) in [7, 11) is 3.36. The quantitative estimate of drug-likeness (QED) is 0.526. The molecule has 1 spiro atoms. The van der Waals surface area contributed by atoms with Crippen LogP contribution in [-0.2, 0) is 27.2 Å². The molecule has 6 atom stereocenters. The van der Waals surface area contributed by atoms with Gasteiger partial charge in [-0.2, -0.15) is 0 Å². The predicted octanol–water partition coefficient (Wildman–Crippen LogP) is 3.59. The lowest BCUT2D eigenvalue weighted by Crippen LogP contribution is -2.51. The molecule has 2 aliphatic carbocycles. The number of rotatable bonds is 4. The fourth-order valence-corrected chi connectivity index (χ4v) is 7.54. The number of methoxy groups -OCH3 is 2. The van der Waals surface area contributed by atoms with Crippen molar-refractivity contribution >= 4 is 5.97 Å². The van der Waals surface area contributed by atoms with Crippen molar-refractivity contribution in [1.82, 2.24) is 4.90 Å². The lowest BCUT2D eigenvalue weighted by molar-refractivity contribution is -0.147. The molecular formula is C26H35NO5. The molecule has 0 amide bonds. The first-order chi connectivity index (χ1) is 15.4. The normalized spacial score (nSPS) is 40.3. The van der Waals surface area contributed by atoms with Crippen molar-refractivity contribution in [2.24, 2.45) is 23.2 Å². The smallest absolute Gasteiger partial charge is 0.310 e. The van der Waals surface area contributed by atoms with Crippen molar-refractivity contribution < 1.29 is 23.7 Å². The van der Waals surface area contributed by atoms with Crippen molar-refractivity contribution in [2.45, 2.75) is 63.7 Å². The van der Waals surface area contributed by atoms with E-state index in [0.29, 0.717) is 11.8 Å². The molecule has 5 aliphatic rings. The number of carbonyl (C=O) groups is 1. The van der Waals surface area contributed by atoms with Gasteiger partial charge in [0.25, 0.3) is 0 Å². The van der Waals surface area contributed by atoms with Crippen LogP contribution in [0, 0.1) is 23.2 Å². The third-order valence-electron chi connectivity index (χ3n) is 9.33. The first kappa shape index (κ1) is 20.8. The van der Waals surface area contributed by atoms with Crippen LogP contribution in [0.5, 0.6) is 11.5 Å². The van der Waals surface area contributed by atoms with E-state index in [0.717, 1.165) is 57.0 Å². The molecule has 6 heteroatoms. The van der Waals surface area contributed by atoms with Crippen LogP contribution in [0.3, 0.4) is 0 Å². The van der Waals surface area contributed by atoms with Crippen molar-refractivity contribution in [3.63, 3.8) is 0 Å². The molecule has 6 nitrogen and oxygen atoms in total. The van der Waals surface area contributed by atoms with Crippen molar-refractivity contribution in [3.05, 3.63) is 23.3 Å². The molecule has 0 bridgehead atoms. The first-order valence-corrected chi connectivity index (χ1v) is 12.3. The summed E-state index contributed by atoms with van der Waals surface area (Å²) in [6.07, 6.45) is 6.81. The molecule has 2 saturated heterocycles. The average Bonchev–Trinajstić information content (AvgIpc) is 3.49. The number of epoxide rings is 1. The van der Waals surface area contributed by atoms with E-state index in [2.05, 4.69) is 24.0 Å². The molecule has 6 rings (SSSR count). The fourth-order valence-electron chi connectivity index (χ4n) is 7.54. The number of fused-ring (bicyclic) bond motifs is 4. The first-order valence-electron chi connectivity index (χ1n) is 12.3. The number of hydrogen-bond acceptors (Lipinski definition) is 6. The zero-order valence-electron chi connectivity index (χ0n) is 19.5. The Hall–Kier alpha value is -1.79. The summed E-state index contributed by atoms with van der Waals surface area (Å²) >= 11 is 0. The zero-order valence-corrected chi connectivity index (χ0v) is 19.5. The second kappa shape index (κ2) is 7.36. The van der Waals surface area contributed by atoms with Crippen LogP contribution in [0.15, 0.2) is 12.1 Å². The minimum absolute atomic E-state index is 0.0196. The summed E-state index contributed by atoms with van der Waals surface area (Å²) < 4.78 is 23.1. The molecule has 0 radical (unpaired) electrons. The highest BCUT2D eigenvalue weighted by molar-refractivity contribution is 5.75. The topological polar surface area (TPSA) is 60.5 Å². The largest absolute Gasteiger partial charge is 0.493 e. The molecule has 4 fully saturated rings. The van der Waals surface area contributed by atoms with Crippen LogP contribution in [0.1, 0.15) is 50.2 Å². The van der Waals surface area contributed by atoms with E-state index < -0.39 is 0 Å². The van der Waals surface area contributed by atoms with Crippen LogP contribution in [0.25, 0.3) is 0 Å². The fraction of sp³-hybridized carbons (Fsp3) is 0.731. The number of esters is 1. The summed E-state index contributed by atoms with van der Waals surface area (Å²) in [6.45, 7) is 5.91. The molecule has 3 heterocycles. The van der Waals surface area contributed by atoms with Crippen LogP contribution in [0.4, 0.5) is 0 Å². The number of benzene rings is 1. The Balaban J connectivity index is 1.19. The monoisotopic (exact) mass is 441 g/mol. The maximum atomic E-state index is 13.0. The highest BCUT2D eigenvalue weighted by atomic mass is 16.6. The van der Waals surface area contributed by atoms with Gasteiger partial charge in [0.05, 0.1) is 32.3 Å². The predicted molar refractivity (Wildman–Crippen MR) is 119 cm³/mol. The van der Waals surface area contributed by atoms with Gasteiger partial charge >= 0.3 is 5.97 Å². The maximum absolute atomic E-state index is 13.0. The SMILES string of the molecule is COc1cc2c(cc1OC)CN(C[C@@H]1C(=O)O[C@@H]3C[C@@]4(C)CCC[C@@]5(CO5)[C@@H]4C[C@H]13)CC2. The Kier molecular flexibility index (Phi) is 4.78. The van der Waals surface area contributed by atoms with Gasteiger partial charge in [0.2, 0.25) is 0 Å². The van der Waals surface area contributed by atoms with E-state index in [4.69, 9.17) is 18.9 Å². The average molecular weight is 442 g/mol. The third kappa shape index (κ3) is 3.17. The molecule has 3 aliphatic heterocycles. The van der Waals surface area contributed by atoms with Crippen LogP contribution in [0.2, 0.25) is 0 Å². The lowest BCUT2D eigenvalue weighted by Gasteiger charge is -2.51. The van der Waals surface area contributed by atoms with E-state index in [9.17, 15) is 4.79 Å². The Labute approximate surface area is 190 Å². The molecule has 0 aromatic heterocycles. The van der Waals surface area contributed by atoms with E-state index in [1.807, 2.05) is 0 Å². The number of carbonyl (C=O) groups excluding carboxylic acids is 1. The minimum Gasteiger partial charge on any atom is -0.493 e. The Morgan fingerprint density at radius 2 is 1.91 bits per heavy atom. The van der Waals surface area contributed by atoms with Crippen molar-refractivity contribution in [1.29, 1.82) is 0 Å². The molecule has 1 aromatic rings. The number of ether oxygens (including phenoxy) is 4. The number of hydrogen-bond donors (Lipinski definition) is 0. The lowest BCUT2D eigenvalue weighted by atomic mass is 9.53. The number of nitrogens with zero attached hydrogens (tertiary/aromatic N) is 1. The molecule has 0 unspecified atom stereocenters. The highest BCUT2D eigenvalue weighted by Gasteiger charge is 2.65. The minimum atomic E-state index is -0.0241. The second-order valence-electron chi connectivity index (χ2n) is 11.1. The van der Waals surface area contributed by atoms with Gasteiger partial charge < -0.3 is 18.9 Å². The second-order valence-corrected chi connectivity index (χ2v) is 11.1. The van der Waals surface area contributed by atoms with Crippen LogP contribution < -0.4 is 9.47 Å². The van der Waals surface area contributed by atoms with E-state index in [1.165, 1.54) is 30.4 Å². The van der Waals surface area contributed by atoms with Crippen LogP contribution >= 0.6 is 0 Å². The molecule has 0 N–H and O–H groups in total. The van der Waals surface area contributed by atoms with Gasteiger partial charge in [0.1, 0.15) is 6.10 Å². The summed E-state index contributed by atoms with van der Waals surface area (Å²) in [4.78, 5) is 15.4. The van der Waals surface area contributed by atoms with Crippen LogP contribution in [-0.4, -0.2) is 56.5 Å². The molecule has 174 valence electrons. The molecule has 32 heavy (non-hydrogen) atoms. The van der Waals surface area contributed by atoms with Gasteiger partial charge in [0.15, 0.2) is 11.5 Å². The summed E-state index contributed by atoms with van der Waals surface area (Å²) in [5, 5.41) is 0. The molecule has 1 aromatic carbocycles. The Morgan fingerprint density at radius 1 is 1.16 bits per heavy atom. The van der Waals surface area contributed by atoms with Gasteiger partial charge in [-0.1, -0.05) is 6.92 Å². The Morgan fingerprint density at radius 3 is 2.62 bits per heavy atom. The summed E-state index contributed by atoms with van der Waals surface area (Å²) in [5.74, 6) is 2.45. The van der Waals surface area contributed by atoms with E-state index >= 15 is 0 Å². The Bertz CT molecular complexity index is 927. The molecule has 2 saturated carbocycles. The third-order valence-corrected chi connectivity index (χ3v) is 9.33. The van der Waals surface area contributed by atoms with Crippen molar-refractivity contribution in [2.75, 3.05) is 33.9 Å². The van der Waals surface area contributed by atoms with Gasteiger partial charge in [-0.15, -0.1) is 0 Å². The standard InChI is InChI=1S/C26H35NO5/c1-25-6-4-7-26(15-31-26)23(25)11-18-19(24(28)32-22(18)12-25)14-27-8-5-16-9-20(29-2)21(30-3)10-17(16)13-27/h9-10,18-19,22-23H,4-8,11-15H2,1-3H3/t18-,19+,22-,23-,25-,26-/m1/s1. The maximum Gasteiger partial charge on any atom is 0.310 e. The van der Waals surface area contributed by atoms with Crippen molar-refractivity contribution in [3.8, 4) is 11.5 Å². The molecular weight excluding hydrogens is 406 g/mol. The van der Waals surface area contributed by atoms with Gasteiger partial charge in [-0.05, 0) is 73.1 Å². The summed E-state index contributed by atoms with van der Waals surface area (Å²) in [6, 6.07) is 4.20. The highest BCUT2D eigenvalue weighted by Crippen LogP contribution is 2.62.